The van der Waals surface area contributed by atoms with E-state index >= 15 is 0 Å². The first-order valence-corrected chi connectivity index (χ1v) is 12.5. The maximum absolute atomic E-state index is 13.4. The number of thioether (sulfide) groups is 1. The fourth-order valence-electron chi connectivity index (χ4n) is 4.45. The van der Waals surface area contributed by atoms with E-state index in [1.54, 1.807) is 4.52 Å². The minimum atomic E-state index is 0.0942. The van der Waals surface area contributed by atoms with Crippen LogP contribution >= 0.6 is 11.8 Å². The minimum absolute atomic E-state index is 0.0942. The predicted molar refractivity (Wildman–Crippen MR) is 136 cm³/mol. The summed E-state index contributed by atoms with van der Waals surface area (Å²) in [5.41, 5.74) is 6.21. The van der Waals surface area contributed by atoms with Gasteiger partial charge in [-0.1, -0.05) is 48.2 Å². The van der Waals surface area contributed by atoms with E-state index < -0.39 is 0 Å². The lowest BCUT2D eigenvalue weighted by Crippen LogP contribution is -2.49. The fraction of sp³-hybridized carbons (Fsp3) is 0.308. The summed E-state index contributed by atoms with van der Waals surface area (Å²) in [5, 5.41) is 5.24. The molecular formula is C26H28N6OS. The van der Waals surface area contributed by atoms with Crippen molar-refractivity contribution in [2.24, 2.45) is 0 Å². The van der Waals surface area contributed by atoms with Gasteiger partial charge in [0.2, 0.25) is 5.16 Å². The largest absolute Gasteiger partial charge is 0.368 e. The lowest BCUT2D eigenvalue weighted by Gasteiger charge is -2.37. The van der Waals surface area contributed by atoms with E-state index in [4.69, 9.17) is 0 Å². The Morgan fingerprint density at radius 1 is 0.941 bits per heavy atom. The van der Waals surface area contributed by atoms with Crippen LogP contribution in [0.4, 0.5) is 5.69 Å². The number of fused-ring (bicyclic) bond motifs is 1. The van der Waals surface area contributed by atoms with Crippen molar-refractivity contribution in [3.63, 3.8) is 0 Å². The Bertz CT molecular complexity index is 1340. The number of hydrogen-bond donors (Lipinski definition) is 0. The molecule has 2 aromatic heterocycles. The molecule has 0 unspecified atom stereocenters. The van der Waals surface area contributed by atoms with Crippen LogP contribution in [-0.4, -0.2) is 56.6 Å². The molecular weight excluding hydrogens is 444 g/mol. The molecule has 3 heterocycles. The average molecular weight is 473 g/mol. The molecule has 0 spiro atoms. The number of benzene rings is 2. The molecule has 0 atom stereocenters. The number of anilines is 1. The van der Waals surface area contributed by atoms with Gasteiger partial charge in [0, 0.05) is 54.6 Å². The first-order chi connectivity index (χ1) is 16.5. The molecule has 0 aliphatic carbocycles. The van der Waals surface area contributed by atoms with Crippen LogP contribution in [0.15, 0.2) is 59.8 Å². The summed E-state index contributed by atoms with van der Waals surface area (Å²) >= 11 is 1.53. The van der Waals surface area contributed by atoms with Crippen LogP contribution in [0.1, 0.15) is 32.9 Å². The van der Waals surface area contributed by atoms with Gasteiger partial charge in [0.25, 0.3) is 11.7 Å². The Labute approximate surface area is 203 Å². The van der Waals surface area contributed by atoms with Gasteiger partial charge in [-0.3, -0.25) is 4.79 Å². The molecule has 2 aromatic carbocycles. The first-order valence-electron chi connectivity index (χ1n) is 11.5. The van der Waals surface area contributed by atoms with Crippen molar-refractivity contribution in [3.8, 4) is 0 Å². The molecule has 1 fully saturated rings. The molecule has 8 heteroatoms. The maximum Gasteiger partial charge on any atom is 0.254 e. The minimum Gasteiger partial charge on any atom is -0.368 e. The average Bonchev–Trinajstić information content (AvgIpc) is 3.26. The van der Waals surface area contributed by atoms with Crippen LogP contribution in [0, 0.1) is 20.8 Å². The number of para-hydroxylation sites is 1. The molecule has 7 nitrogen and oxygen atoms in total. The summed E-state index contributed by atoms with van der Waals surface area (Å²) < 4.78 is 1.76. The van der Waals surface area contributed by atoms with Crippen molar-refractivity contribution in [2.45, 2.75) is 31.7 Å². The van der Waals surface area contributed by atoms with E-state index in [1.165, 1.54) is 23.0 Å². The summed E-state index contributed by atoms with van der Waals surface area (Å²) in [7, 11) is 0. The smallest absolute Gasteiger partial charge is 0.254 e. The number of rotatable bonds is 5. The summed E-state index contributed by atoms with van der Waals surface area (Å²) in [6.07, 6.45) is 0. The topological polar surface area (TPSA) is 66.6 Å². The molecule has 0 saturated carbocycles. The monoisotopic (exact) mass is 472 g/mol. The van der Waals surface area contributed by atoms with Gasteiger partial charge in [-0.2, -0.15) is 4.98 Å². The highest BCUT2D eigenvalue weighted by atomic mass is 32.2. The molecule has 0 bridgehead atoms. The number of amides is 1. The highest BCUT2D eigenvalue weighted by Crippen LogP contribution is 2.25. The summed E-state index contributed by atoms with van der Waals surface area (Å²) in [6, 6.07) is 18.3. The second-order valence-corrected chi connectivity index (χ2v) is 9.60. The summed E-state index contributed by atoms with van der Waals surface area (Å²) in [4.78, 5) is 26.8. The van der Waals surface area contributed by atoms with Crippen LogP contribution in [0.3, 0.4) is 0 Å². The molecule has 34 heavy (non-hydrogen) atoms. The van der Waals surface area contributed by atoms with Crippen LogP contribution < -0.4 is 4.90 Å². The highest BCUT2D eigenvalue weighted by Gasteiger charge is 2.24. The van der Waals surface area contributed by atoms with E-state index in [1.807, 2.05) is 49.1 Å². The van der Waals surface area contributed by atoms with Crippen molar-refractivity contribution in [3.05, 3.63) is 82.7 Å². The van der Waals surface area contributed by atoms with Gasteiger partial charge in [-0.25, -0.2) is 9.50 Å². The van der Waals surface area contributed by atoms with Gasteiger partial charge < -0.3 is 9.80 Å². The van der Waals surface area contributed by atoms with Gasteiger partial charge in [0.05, 0.1) is 0 Å². The first kappa shape index (κ1) is 22.4. The number of aromatic nitrogens is 4. The zero-order valence-corrected chi connectivity index (χ0v) is 20.5. The van der Waals surface area contributed by atoms with Crippen LogP contribution in [0.25, 0.3) is 5.78 Å². The van der Waals surface area contributed by atoms with E-state index in [-0.39, 0.29) is 5.91 Å². The number of hydrogen-bond acceptors (Lipinski definition) is 6. The van der Waals surface area contributed by atoms with Crippen molar-refractivity contribution >= 4 is 29.1 Å². The van der Waals surface area contributed by atoms with Gasteiger partial charge in [-0.15, -0.1) is 5.10 Å². The zero-order valence-electron chi connectivity index (χ0n) is 19.7. The molecule has 0 N–H and O–H groups in total. The quantitative estimate of drug-likeness (QED) is 0.404. The molecule has 1 saturated heterocycles. The van der Waals surface area contributed by atoms with Gasteiger partial charge in [0.15, 0.2) is 0 Å². The number of piperazine rings is 1. The Hall–Kier alpha value is -3.39. The third kappa shape index (κ3) is 4.50. The van der Waals surface area contributed by atoms with Crippen molar-refractivity contribution < 1.29 is 4.79 Å². The Morgan fingerprint density at radius 2 is 1.68 bits per heavy atom. The lowest BCUT2D eigenvalue weighted by molar-refractivity contribution is 0.0746. The van der Waals surface area contributed by atoms with Crippen LogP contribution in [-0.2, 0) is 5.75 Å². The van der Waals surface area contributed by atoms with E-state index in [0.29, 0.717) is 29.8 Å². The third-order valence-corrected chi connectivity index (χ3v) is 7.11. The maximum atomic E-state index is 13.4. The zero-order chi connectivity index (χ0) is 23.7. The third-order valence-electron chi connectivity index (χ3n) is 6.23. The van der Waals surface area contributed by atoms with Crippen LogP contribution in [0.2, 0.25) is 0 Å². The molecule has 1 amide bonds. The molecule has 5 rings (SSSR count). The van der Waals surface area contributed by atoms with Crippen molar-refractivity contribution in [1.29, 1.82) is 0 Å². The van der Waals surface area contributed by atoms with Gasteiger partial charge in [-0.05, 0) is 50.1 Å². The van der Waals surface area contributed by atoms with Crippen LogP contribution in [0.5, 0.6) is 0 Å². The van der Waals surface area contributed by atoms with Crippen molar-refractivity contribution in [2.75, 3.05) is 31.1 Å². The predicted octanol–water partition coefficient (Wildman–Crippen LogP) is 4.30. The van der Waals surface area contributed by atoms with Crippen molar-refractivity contribution in [1.82, 2.24) is 24.5 Å². The molecule has 1 aliphatic heterocycles. The van der Waals surface area contributed by atoms with E-state index in [0.717, 1.165) is 35.6 Å². The summed E-state index contributed by atoms with van der Waals surface area (Å²) in [6.45, 7) is 9.20. The van der Waals surface area contributed by atoms with E-state index in [2.05, 4.69) is 51.2 Å². The number of carbonyl (C=O) groups excluding carboxylic acids is 1. The Kier molecular flexibility index (Phi) is 6.24. The molecule has 174 valence electrons. The Morgan fingerprint density at radius 3 is 2.47 bits per heavy atom. The Balaban J connectivity index is 1.27. The molecule has 0 radical (unpaired) electrons. The standard InChI is InChI=1S/C26H28N6OS/c1-18-8-4-7-11-23(18)30-12-14-31(15-13-30)24(33)22-10-6-5-9-21(22)17-34-26-28-25-27-19(2)16-20(3)32(25)29-26/h4-11,16H,12-15,17H2,1-3H3. The lowest BCUT2D eigenvalue weighted by atomic mass is 10.1. The summed E-state index contributed by atoms with van der Waals surface area (Å²) in [5.74, 6) is 1.33. The van der Waals surface area contributed by atoms with E-state index in [9.17, 15) is 4.79 Å². The number of nitrogens with zero attached hydrogens (tertiary/aromatic N) is 6. The molecule has 4 aromatic rings. The normalized spacial score (nSPS) is 14.1. The SMILES string of the molecule is Cc1cc(C)n2nc(SCc3ccccc3C(=O)N3CCN(c4ccccc4C)CC3)nc2n1. The number of carbonyl (C=O) groups is 1. The van der Waals surface area contributed by atoms with Gasteiger partial charge >= 0.3 is 0 Å². The van der Waals surface area contributed by atoms with Gasteiger partial charge in [0.1, 0.15) is 0 Å². The number of aryl methyl sites for hydroxylation is 3. The highest BCUT2D eigenvalue weighted by molar-refractivity contribution is 7.98. The molecule has 1 aliphatic rings. The second-order valence-electron chi connectivity index (χ2n) is 8.66. The fourth-order valence-corrected chi connectivity index (χ4v) is 5.27. The second kappa shape index (κ2) is 9.46.